The van der Waals surface area contributed by atoms with Gasteiger partial charge in [0.15, 0.2) is 0 Å². The fourth-order valence-corrected chi connectivity index (χ4v) is 4.38. The molecular weight excluding hydrogens is 369 g/mol. The normalized spacial score (nSPS) is 21.9. The number of hydrogen-bond acceptors (Lipinski definition) is 4. The molecule has 0 saturated carbocycles. The van der Waals surface area contributed by atoms with Gasteiger partial charge in [-0.05, 0) is 57.4 Å². The van der Waals surface area contributed by atoms with Crippen LogP contribution < -0.4 is 10.0 Å². The van der Waals surface area contributed by atoms with Crippen molar-refractivity contribution in [2.24, 2.45) is 11.8 Å². The van der Waals surface area contributed by atoms with Gasteiger partial charge in [-0.2, -0.15) is 0 Å². The van der Waals surface area contributed by atoms with Crippen LogP contribution in [0.2, 0.25) is 0 Å². The minimum Gasteiger partial charge on any atom is -0.350 e. The summed E-state index contributed by atoms with van der Waals surface area (Å²) in [7, 11) is -2.48. The number of rotatable bonds is 6. The third kappa shape index (κ3) is 5.27. The van der Waals surface area contributed by atoms with Crippen molar-refractivity contribution in [2.75, 3.05) is 26.7 Å². The van der Waals surface area contributed by atoms with Gasteiger partial charge < -0.3 is 5.32 Å². The number of hydrogen-bond donors (Lipinski definition) is 2. The van der Waals surface area contributed by atoms with Gasteiger partial charge in [0.05, 0.1) is 10.5 Å². The van der Waals surface area contributed by atoms with E-state index in [1.54, 1.807) is 0 Å². The average Bonchev–Trinajstić information content (AvgIpc) is 2.59. The first kappa shape index (κ1) is 21.8. The molecule has 1 aliphatic rings. The summed E-state index contributed by atoms with van der Waals surface area (Å²) >= 11 is 0. The third-order valence-corrected chi connectivity index (χ3v) is 6.58. The lowest BCUT2D eigenvalue weighted by atomic mass is 9.88. The van der Waals surface area contributed by atoms with Gasteiger partial charge in [0.1, 0.15) is 5.82 Å². The topological polar surface area (TPSA) is 78.5 Å². The molecule has 0 bridgehead atoms. The number of amides is 1. The van der Waals surface area contributed by atoms with Crippen LogP contribution in [0.3, 0.4) is 0 Å². The second-order valence-electron chi connectivity index (χ2n) is 8.20. The standard InChI is InChI=1S/C19H30FN3O3S/c1-13-8-14(2)11-23(10-13)19(3,4)12-22-18(24)16-9-15(6-7-17(16)20)27(25,26)21-5/h6-7,9,13-14,21H,8,10-12H2,1-5H3,(H,22,24). The maximum Gasteiger partial charge on any atom is 0.254 e. The van der Waals surface area contributed by atoms with E-state index >= 15 is 0 Å². The van der Waals surface area contributed by atoms with Crippen LogP contribution in [0.25, 0.3) is 0 Å². The molecule has 1 heterocycles. The molecule has 1 aliphatic heterocycles. The van der Waals surface area contributed by atoms with Crippen LogP contribution in [-0.4, -0.2) is 51.4 Å². The third-order valence-electron chi connectivity index (χ3n) is 5.17. The molecular formula is C19H30FN3O3S. The molecule has 1 saturated heterocycles. The van der Waals surface area contributed by atoms with Crippen molar-refractivity contribution >= 4 is 15.9 Å². The average molecular weight is 400 g/mol. The van der Waals surface area contributed by atoms with Crippen molar-refractivity contribution in [3.63, 3.8) is 0 Å². The summed E-state index contributed by atoms with van der Waals surface area (Å²) in [5.41, 5.74) is -0.563. The Kier molecular flexibility index (Phi) is 6.65. The highest BCUT2D eigenvalue weighted by Gasteiger charge is 2.33. The van der Waals surface area contributed by atoms with Crippen LogP contribution in [0.1, 0.15) is 44.5 Å². The monoisotopic (exact) mass is 399 g/mol. The molecule has 2 atom stereocenters. The molecule has 0 radical (unpaired) electrons. The highest BCUT2D eigenvalue weighted by Crippen LogP contribution is 2.27. The first-order valence-electron chi connectivity index (χ1n) is 9.22. The number of nitrogens with one attached hydrogen (secondary N) is 2. The quantitative estimate of drug-likeness (QED) is 0.769. The van der Waals surface area contributed by atoms with Gasteiger partial charge in [0.25, 0.3) is 5.91 Å². The van der Waals surface area contributed by atoms with Gasteiger partial charge in [0, 0.05) is 25.2 Å². The van der Waals surface area contributed by atoms with Gasteiger partial charge >= 0.3 is 0 Å². The van der Waals surface area contributed by atoms with Crippen LogP contribution in [0, 0.1) is 17.7 Å². The number of carbonyl (C=O) groups excluding carboxylic acids is 1. The Balaban J connectivity index is 2.12. The summed E-state index contributed by atoms with van der Waals surface area (Å²) in [5.74, 6) is -0.193. The molecule has 2 N–H and O–H groups in total. The summed E-state index contributed by atoms with van der Waals surface area (Å²) in [6.07, 6.45) is 1.19. The van der Waals surface area contributed by atoms with Gasteiger partial charge in [-0.3, -0.25) is 9.69 Å². The Morgan fingerprint density at radius 2 is 1.85 bits per heavy atom. The predicted octanol–water partition coefficient (Wildman–Crippen LogP) is 2.22. The Labute approximate surface area is 161 Å². The van der Waals surface area contributed by atoms with E-state index in [0.717, 1.165) is 31.3 Å². The second-order valence-corrected chi connectivity index (χ2v) is 10.1. The molecule has 1 aromatic carbocycles. The Hall–Kier alpha value is -1.51. The molecule has 6 nitrogen and oxygen atoms in total. The lowest BCUT2D eigenvalue weighted by Gasteiger charge is -2.45. The molecule has 2 rings (SSSR count). The number of piperidine rings is 1. The summed E-state index contributed by atoms with van der Waals surface area (Å²) in [4.78, 5) is 14.7. The maximum atomic E-state index is 14.1. The van der Waals surface area contributed by atoms with E-state index in [4.69, 9.17) is 0 Å². The molecule has 8 heteroatoms. The van der Waals surface area contributed by atoms with E-state index in [-0.39, 0.29) is 16.0 Å². The van der Waals surface area contributed by atoms with Crippen LogP contribution in [-0.2, 0) is 10.0 Å². The van der Waals surface area contributed by atoms with E-state index in [9.17, 15) is 17.6 Å². The maximum absolute atomic E-state index is 14.1. The zero-order valence-corrected chi connectivity index (χ0v) is 17.5. The number of carbonyl (C=O) groups is 1. The molecule has 27 heavy (non-hydrogen) atoms. The van der Waals surface area contributed by atoms with Crippen LogP contribution in [0.4, 0.5) is 4.39 Å². The number of nitrogens with zero attached hydrogens (tertiary/aromatic N) is 1. The molecule has 0 spiro atoms. The van der Waals surface area contributed by atoms with Crippen molar-refractivity contribution in [3.8, 4) is 0 Å². The number of halogens is 1. The molecule has 0 aliphatic carbocycles. The molecule has 1 aromatic rings. The van der Waals surface area contributed by atoms with Crippen molar-refractivity contribution in [1.29, 1.82) is 0 Å². The lowest BCUT2D eigenvalue weighted by Crippen LogP contribution is -2.56. The van der Waals surface area contributed by atoms with E-state index in [0.29, 0.717) is 18.4 Å². The Morgan fingerprint density at radius 3 is 2.41 bits per heavy atom. The number of likely N-dealkylation sites (tertiary alicyclic amines) is 1. The molecule has 152 valence electrons. The largest absolute Gasteiger partial charge is 0.350 e. The minimum absolute atomic E-state index is 0.144. The van der Waals surface area contributed by atoms with Crippen molar-refractivity contribution < 1.29 is 17.6 Å². The highest BCUT2D eigenvalue weighted by atomic mass is 32.2. The van der Waals surface area contributed by atoms with Crippen molar-refractivity contribution in [3.05, 3.63) is 29.6 Å². The molecule has 1 amide bonds. The van der Waals surface area contributed by atoms with Gasteiger partial charge in [0.2, 0.25) is 10.0 Å². The van der Waals surface area contributed by atoms with E-state index in [1.807, 2.05) is 0 Å². The second kappa shape index (κ2) is 8.24. The highest BCUT2D eigenvalue weighted by molar-refractivity contribution is 7.89. The van der Waals surface area contributed by atoms with Gasteiger partial charge in [-0.1, -0.05) is 13.8 Å². The van der Waals surface area contributed by atoms with Crippen molar-refractivity contribution in [2.45, 2.75) is 44.6 Å². The first-order valence-corrected chi connectivity index (χ1v) is 10.7. The molecule has 1 fully saturated rings. The van der Waals surface area contributed by atoms with Gasteiger partial charge in [-0.25, -0.2) is 17.5 Å². The first-order chi connectivity index (χ1) is 12.5. The zero-order chi connectivity index (χ0) is 20.4. The number of benzene rings is 1. The summed E-state index contributed by atoms with van der Waals surface area (Å²) in [5, 5.41) is 2.77. The molecule has 0 aromatic heterocycles. The van der Waals surface area contributed by atoms with Gasteiger partial charge in [-0.15, -0.1) is 0 Å². The minimum atomic E-state index is -3.75. The predicted molar refractivity (Wildman–Crippen MR) is 104 cm³/mol. The fourth-order valence-electron chi connectivity index (χ4n) is 3.62. The number of sulfonamides is 1. The SMILES string of the molecule is CNS(=O)(=O)c1ccc(F)c(C(=O)NCC(C)(C)N2CC(C)CC(C)C2)c1. The van der Waals surface area contributed by atoms with E-state index in [2.05, 4.69) is 42.6 Å². The van der Waals surface area contributed by atoms with Crippen molar-refractivity contribution in [1.82, 2.24) is 14.9 Å². The Bertz CT molecular complexity index is 785. The van der Waals surface area contributed by atoms with Crippen LogP contribution in [0.5, 0.6) is 0 Å². The summed E-state index contributed by atoms with van der Waals surface area (Å²) in [6.45, 7) is 10.8. The van der Waals surface area contributed by atoms with Crippen LogP contribution >= 0.6 is 0 Å². The molecule has 2 unspecified atom stereocenters. The zero-order valence-electron chi connectivity index (χ0n) is 16.7. The fraction of sp³-hybridized carbons (Fsp3) is 0.632. The summed E-state index contributed by atoms with van der Waals surface area (Å²) < 4.78 is 40.1. The summed E-state index contributed by atoms with van der Waals surface area (Å²) in [6, 6.07) is 3.20. The smallest absolute Gasteiger partial charge is 0.254 e. The lowest BCUT2D eigenvalue weighted by molar-refractivity contribution is 0.0444. The van der Waals surface area contributed by atoms with E-state index < -0.39 is 21.7 Å². The Morgan fingerprint density at radius 1 is 1.26 bits per heavy atom. The van der Waals surface area contributed by atoms with E-state index in [1.165, 1.54) is 13.5 Å². The van der Waals surface area contributed by atoms with Crippen LogP contribution in [0.15, 0.2) is 23.1 Å².